The molecule has 0 radical (unpaired) electrons. The van der Waals surface area contributed by atoms with Gasteiger partial charge in [-0.1, -0.05) is 56.7 Å². The third-order valence-electron chi connectivity index (χ3n) is 6.87. The molecule has 1 saturated heterocycles. The fourth-order valence-electron chi connectivity index (χ4n) is 4.61. The van der Waals surface area contributed by atoms with Gasteiger partial charge in [-0.05, 0) is 60.9 Å². The summed E-state index contributed by atoms with van der Waals surface area (Å²) in [4.78, 5) is 3.97. The predicted octanol–water partition coefficient (Wildman–Crippen LogP) is 7.07. The Morgan fingerprint density at radius 2 is 1.81 bits per heavy atom. The van der Waals surface area contributed by atoms with E-state index in [2.05, 4.69) is 77.2 Å². The number of nitrogens with zero attached hydrogens (tertiary/aromatic N) is 2. The molecule has 2 fully saturated rings. The van der Waals surface area contributed by atoms with Gasteiger partial charge in [0.25, 0.3) is 0 Å². The number of benzene rings is 2. The monoisotopic (exact) mass is 469 g/mol. The van der Waals surface area contributed by atoms with Crippen molar-refractivity contribution in [2.45, 2.75) is 62.3 Å². The van der Waals surface area contributed by atoms with Gasteiger partial charge in [-0.15, -0.1) is 11.8 Å². The molecular weight excluding hydrogens is 430 g/mol. The number of piperazine rings is 1. The van der Waals surface area contributed by atoms with Crippen molar-refractivity contribution in [2.75, 3.05) is 47.9 Å². The number of hydrogen-bond donors (Lipinski definition) is 1. The van der Waals surface area contributed by atoms with Crippen molar-refractivity contribution in [1.82, 2.24) is 5.32 Å². The first kappa shape index (κ1) is 23.8. The minimum atomic E-state index is 0.391. The summed E-state index contributed by atoms with van der Waals surface area (Å²) >= 11 is 3.77. The van der Waals surface area contributed by atoms with Gasteiger partial charge in [-0.3, -0.25) is 0 Å². The van der Waals surface area contributed by atoms with Crippen molar-refractivity contribution in [2.24, 2.45) is 0 Å². The molecular formula is C27H39N3S2. The summed E-state index contributed by atoms with van der Waals surface area (Å²) in [6.07, 6.45) is 11.5. The number of anilines is 2. The molecule has 32 heavy (non-hydrogen) atoms. The van der Waals surface area contributed by atoms with Crippen molar-refractivity contribution >= 4 is 35.1 Å². The normalized spacial score (nSPS) is 17.0. The van der Waals surface area contributed by atoms with Gasteiger partial charge in [0.05, 0.1) is 5.69 Å². The first-order valence-electron chi connectivity index (χ1n) is 12.3. The van der Waals surface area contributed by atoms with E-state index in [1.165, 1.54) is 78.1 Å². The molecule has 0 atom stereocenters. The van der Waals surface area contributed by atoms with Gasteiger partial charge in [0.2, 0.25) is 0 Å². The average Bonchev–Trinajstić information content (AvgIpc) is 3.58. The highest BCUT2D eigenvalue weighted by atomic mass is 32.2. The van der Waals surface area contributed by atoms with Crippen LogP contribution in [0.5, 0.6) is 0 Å². The standard InChI is InChI=1S/C27H39N3S2/c1-4-5-6-7-8-19-32-24-12-9-22(10-13-24)25-20-23(11-14-26(25)29(2)31-3)30-18-17-28-27(21-30)15-16-27/h9-14,20,28H,4-8,15-19,21H2,1-3H3. The van der Waals surface area contributed by atoms with Crippen LogP contribution in [0.15, 0.2) is 47.4 Å². The molecule has 1 spiro atoms. The summed E-state index contributed by atoms with van der Waals surface area (Å²) in [5, 5.41) is 3.74. The second-order valence-electron chi connectivity index (χ2n) is 9.30. The highest BCUT2D eigenvalue weighted by Crippen LogP contribution is 2.41. The zero-order chi connectivity index (χ0) is 22.4. The minimum Gasteiger partial charge on any atom is -0.368 e. The summed E-state index contributed by atoms with van der Waals surface area (Å²) in [5.41, 5.74) is 5.68. The van der Waals surface area contributed by atoms with Gasteiger partial charge in [-0.2, -0.15) is 0 Å². The van der Waals surface area contributed by atoms with Crippen LogP contribution in [0.1, 0.15) is 51.9 Å². The third-order valence-corrected chi connectivity index (χ3v) is 8.71. The van der Waals surface area contributed by atoms with Crippen molar-refractivity contribution in [3.8, 4) is 11.1 Å². The largest absolute Gasteiger partial charge is 0.368 e. The fraction of sp³-hybridized carbons (Fsp3) is 0.556. The summed E-state index contributed by atoms with van der Waals surface area (Å²) in [7, 11) is 2.16. The maximum absolute atomic E-state index is 3.74. The van der Waals surface area contributed by atoms with Gasteiger partial charge in [0.15, 0.2) is 0 Å². The van der Waals surface area contributed by atoms with Crippen LogP contribution in [0.25, 0.3) is 11.1 Å². The molecule has 1 saturated carbocycles. The molecule has 5 heteroatoms. The Kier molecular flexibility index (Phi) is 8.36. The Bertz CT molecular complexity index is 864. The lowest BCUT2D eigenvalue weighted by Gasteiger charge is -2.36. The lowest BCUT2D eigenvalue weighted by molar-refractivity contribution is 0.442. The molecule has 0 unspecified atom stereocenters. The van der Waals surface area contributed by atoms with Crippen LogP contribution in [-0.2, 0) is 0 Å². The lowest BCUT2D eigenvalue weighted by Crippen LogP contribution is -2.52. The molecule has 1 N–H and O–H groups in total. The van der Waals surface area contributed by atoms with Gasteiger partial charge in [0.1, 0.15) is 0 Å². The van der Waals surface area contributed by atoms with E-state index in [1.54, 1.807) is 11.9 Å². The van der Waals surface area contributed by atoms with Crippen LogP contribution in [-0.4, -0.2) is 44.2 Å². The van der Waals surface area contributed by atoms with E-state index in [-0.39, 0.29) is 0 Å². The van der Waals surface area contributed by atoms with Crippen LogP contribution in [0.4, 0.5) is 11.4 Å². The van der Waals surface area contributed by atoms with Gasteiger partial charge >= 0.3 is 0 Å². The number of hydrogen-bond acceptors (Lipinski definition) is 5. The van der Waals surface area contributed by atoms with Gasteiger partial charge in [0, 0.05) is 54.6 Å². The molecule has 2 aromatic rings. The van der Waals surface area contributed by atoms with Gasteiger partial charge < -0.3 is 14.5 Å². The lowest BCUT2D eigenvalue weighted by atomic mass is 10.0. The fourth-order valence-corrected chi connectivity index (χ4v) is 5.88. The Morgan fingerprint density at radius 1 is 1.03 bits per heavy atom. The molecule has 0 aromatic heterocycles. The molecule has 0 bridgehead atoms. The van der Waals surface area contributed by atoms with E-state index >= 15 is 0 Å². The summed E-state index contributed by atoms with van der Waals surface area (Å²) < 4.78 is 2.28. The second kappa shape index (κ2) is 11.2. The highest BCUT2D eigenvalue weighted by molar-refractivity contribution is 8.00. The van der Waals surface area contributed by atoms with Crippen LogP contribution >= 0.6 is 23.7 Å². The van der Waals surface area contributed by atoms with E-state index < -0.39 is 0 Å². The Balaban J connectivity index is 1.48. The molecule has 3 nitrogen and oxygen atoms in total. The Morgan fingerprint density at radius 3 is 2.53 bits per heavy atom. The summed E-state index contributed by atoms with van der Waals surface area (Å²) in [5.74, 6) is 1.23. The van der Waals surface area contributed by atoms with Crippen LogP contribution in [0, 0.1) is 0 Å². The Labute approximate surface area is 203 Å². The van der Waals surface area contributed by atoms with E-state index in [4.69, 9.17) is 0 Å². The Hall–Kier alpha value is -1.30. The molecule has 2 aliphatic rings. The topological polar surface area (TPSA) is 18.5 Å². The predicted molar refractivity (Wildman–Crippen MR) is 145 cm³/mol. The second-order valence-corrected chi connectivity index (χ2v) is 11.4. The maximum atomic E-state index is 3.74. The van der Waals surface area contributed by atoms with Crippen molar-refractivity contribution in [1.29, 1.82) is 0 Å². The van der Waals surface area contributed by atoms with Crippen molar-refractivity contribution < 1.29 is 0 Å². The summed E-state index contributed by atoms with van der Waals surface area (Å²) in [6.45, 7) is 5.60. The zero-order valence-corrected chi connectivity index (χ0v) is 21.7. The molecule has 4 rings (SSSR count). The minimum absolute atomic E-state index is 0.391. The molecule has 174 valence electrons. The van der Waals surface area contributed by atoms with E-state index in [1.807, 2.05) is 11.8 Å². The van der Waals surface area contributed by atoms with Crippen LogP contribution < -0.4 is 14.5 Å². The number of unbranched alkanes of at least 4 members (excludes halogenated alkanes) is 4. The maximum Gasteiger partial charge on any atom is 0.0546 e. The van der Waals surface area contributed by atoms with Gasteiger partial charge in [-0.25, -0.2) is 0 Å². The number of thioether (sulfide) groups is 1. The molecule has 1 aliphatic heterocycles. The quantitative estimate of drug-likeness (QED) is 0.215. The SMILES string of the molecule is CCCCCCCSc1ccc(-c2cc(N3CCNC4(CC4)C3)ccc2N(C)SC)cc1. The average molecular weight is 470 g/mol. The van der Waals surface area contributed by atoms with E-state index in [0.717, 1.165) is 19.6 Å². The summed E-state index contributed by atoms with van der Waals surface area (Å²) in [6, 6.07) is 16.3. The number of nitrogens with one attached hydrogen (secondary N) is 1. The molecule has 2 aromatic carbocycles. The molecule has 0 amide bonds. The van der Waals surface area contributed by atoms with E-state index in [9.17, 15) is 0 Å². The van der Waals surface area contributed by atoms with Crippen molar-refractivity contribution in [3.63, 3.8) is 0 Å². The smallest absolute Gasteiger partial charge is 0.0546 e. The third kappa shape index (κ3) is 5.98. The first-order valence-corrected chi connectivity index (χ1v) is 14.5. The van der Waals surface area contributed by atoms with E-state index in [0.29, 0.717) is 5.54 Å². The number of rotatable bonds is 11. The first-order chi connectivity index (χ1) is 15.6. The van der Waals surface area contributed by atoms with Crippen molar-refractivity contribution in [3.05, 3.63) is 42.5 Å². The zero-order valence-electron chi connectivity index (χ0n) is 20.0. The highest BCUT2D eigenvalue weighted by Gasteiger charge is 2.45. The molecule has 1 heterocycles. The van der Waals surface area contributed by atoms with Crippen LogP contribution in [0.3, 0.4) is 0 Å². The van der Waals surface area contributed by atoms with Crippen LogP contribution in [0.2, 0.25) is 0 Å². The molecule has 1 aliphatic carbocycles.